The molecule has 0 saturated carbocycles. The number of nitrogens with one attached hydrogen (secondary N) is 1. The number of Topliss-reactive ketones (excluding diaryl/α,β-unsaturated/α-hetero) is 1. The molecule has 0 aliphatic carbocycles. The number of hydrogen-bond donors (Lipinski definition) is 1. The van der Waals surface area contributed by atoms with Crippen molar-refractivity contribution >= 4 is 5.78 Å². The Morgan fingerprint density at radius 2 is 1.24 bits per heavy atom. The number of ketones is 1. The lowest BCUT2D eigenvalue weighted by molar-refractivity contribution is -0.124. The summed E-state index contributed by atoms with van der Waals surface area (Å²) in [6.07, 6.45) is 0.411. The molecule has 0 radical (unpaired) electrons. The van der Waals surface area contributed by atoms with Crippen molar-refractivity contribution < 1.29 is 4.79 Å². The third-order valence-electron chi connectivity index (χ3n) is 4.61. The lowest BCUT2D eigenvalue weighted by Gasteiger charge is -2.30. The Labute approximate surface area is 149 Å². The minimum Gasteiger partial charge on any atom is -0.297 e. The smallest absolute Gasteiger partial charge is 0.161 e. The molecule has 0 aliphatic heterocycles. The Kier molecular flexibility index (Phi) is 5.42. The summed E-state index contributed by atoms with van der Waals surface area (Å²) >= 11 is 0. The van der Waals surface area contributed by atoms with E-state index in [9.17, 15) is 4.79 Å². The van der Waals surface area contributed by atoms with Gasteiger partial charge in [0.15, 0.2) is 5.78 Å². The van der Waals surface area contributed by atoms with Crippen LogP contribution in [0.3, 0.4) is 0 Å². The highest BCUT2D eigenvalue weighted by molar-refractivity contribution is 5.91. The van der Waals surface area contributed by atoms with Crippen molar-refractivity contribution in [1.82, 2.24) is 5.32 Å². The molecule has 3 aromatic carbocycles. The van der Waals surface area contributed by atoms with Crippen molar-refractivity contribution in [2.24, 2.45) is 0 Å². The summed E-state index contributed by atoms with van der Waals surface area (Å²) in [6, 6.07) is 30.1. The van der Waals surface area contributed by atoms with Crippen molar-refractivity contribution in [3.05, 3.63) is 108 Å². The summed E-state index contributed by atoms with van der Waals surface area (Å²) in [6.45, 7) is 2.63. The largest absolute Gasteiger partial charge is 0.297 e. The number of rotatable bonds is 7. The van der Waals surface area contributed by atoms with E-state index < -0.39 is 5.54 Å². The maximum atomic E-state index is 13.2. The van der Waals surface area contributed by atoms with Crippen molar-refractivity contribution in [2.75, 3.05) is 0 Å². The van der Waals surface area contributed by atoms with Gasteiger partial charge in [-0.25, -0.2) is 0 Å². The van der Waals surface area contributed by atoms with Crippen LogP contribution in [0.1, 0.15) is 23.6 Å². The zero-order valence-corrected chi connectivity index (χ0v) is 14.5. The first kappa shape index (κ1) is 17.1. The molecule has 0 amide bonds. The molecule has 1 N–H and O–H groups in total. The van der Waals surface area contributed by atoms with Gasteiger partial charge in [-0.3, -0.25) is 10.1 Å². The van der Waals surface area contributed by atoms with Gasteiger partial charge in [0.1, 0.15) is 5.54 Å². The molecule has 25 heavy (non-hydrogen) atoms. The van der Waals surface area contributed by atoms with E-state index in [0.717, 1.165) is 16.7 Å². The summed E-state index contributed by atoms with van der Waals surface area (Å²) in [5.41, 5.74) is 2.47. The first-order chi connectivity index (χ1) is 12.2. The van der Waals surface area contributed by atoms with Crippen LogP contribution in [0.4, 0.5) is 0 Å². The Hall–Kier alpha value is -2.71. The van der Waals surface area contributed by atoms with E-state index in [4.69, 9.17) is 0 Å². The van der Waals surface area contributed by atoms with Crippen LogP contribution in [0.5, 0.6) is 0 Å². The molecule has 0 aliphatic rings. The molecule has 2 nitrogen and oxygen atoms in total. The minimum absolute atomic E-state index is 0.167. The van der Waals surface area contributed by atoms with Gasteiger partial charge in [-0.15, -0.1) is 0 Å². The SMILES string of the molecule is CC(NCc1ccccc1)(C(=O)Cc1ccccc1)c1ccccc1. The van der Waals surface area contributed by atoms with E-state index in [1.807, 2.05) is 85.8 Å². The van der Waals surface area contributed by atoms with Gasteiger partial charge in [0.25, 0.3) is 0 Å². The van der Waals surface area contributed by atoms with Gasteiger partial charge in [0.2, 0.25) is 0 Å². The first-order valence-corrected chi connectivity index (χ1v) is 8.60. The van der Waals surface area contributed by atoms with Crippen LogP contribution in [0, 0.1) is 0 Å². The van der Waals surface area contributed by atoms with Crippen LogP contribution in [0.25, 0.3) is 0 Å². The van der Waals surface area contributed by atoms with E-state index in [2.05, 4.69) is 17.4 Å². The van der Waals surface area contributed by atoms with E-state index in [-0.39, 0.29) is 5.78 Å². The van der Waals surface area contributed by atoms with Crippen LogP contribution in [-0.2, 0) is 23.3 Å². The standard InChI is InChI=1S/C23H23NO/c1-23(21-15-9-4-10-16-21,24-18-20-13-7-3-8-14-20)22(25)17-19-11-5-2-6-12-19/h2-16,24H,17-18H2,1H3. The van der Waals surface area contributed by atoms with E-state index in [1.165, 1.54) is 0 Å². The third kappa shape index (κ3) is 4.23. The van der Waals surface area contributed by atoms with Gasteiger partial charge in [0.05, 0.1) is 0 Å². The minimum atomic E-state index is -0.729. The molecule has 3 aromatic rings. The number of carbonyl (C=O) groups excluding carboxylic acids is 1. The monoisotopic (exact) mass is 329 g/mol. The normalized spacial score (nSPS) is 13.2. The molecule has 2 heteroatoms. The maximum Gasteiger partial charge on any atom is 0.161 e. The van der Waals surface area contributed by atoms with E-state index in [1.54, 1.807) is 0 Å². The zero-order chi connectivity index (χ0) is 17.5. The molecule has 3 rings (SSSR count). The molecule has 1 unspecified atom stereocenters. The second-order valence-corrected chi connectivity index (χ2v) is 6.42. The predicted octanol–water partition coefficient (Wildman–Crippen LogP) is 4.50. The number of benzene rings is 3. The quantitative estimate of drug-likeness (QED) is 0.691. The topological polar surface area (TPSA) is 29.1 Å². The Balaban J connectivity index is 1.85. The fourth-order valence-corrected chi connectivity index (χ4v) is 2.97. The highest BCUT2D eigenvalue weighted by atomic mass is 16.1. The molecular weight excluding hydrogens is 306 g/mol. The van der Waals surface area contributed by atoms with Gasteiger partial charge in [-0.2, -0.15) is 0 Å². The summed E-state index contributed by atoms with van der Waals surface area (Å²) in [5.74, 6) is 0.167. The Morgan fingerprint density at radius 3 is 1.80 bits per heavy atom. The summed E-state index contributed by atoms with van der Waals surface area (Å²) in [5, 5.41) is 3.50. The molecule has 0 bridgehead atoms. The van der Waals surface area contributed by atoms with E-state index in [0.29, 0.717) is 13.0 Å². The van der Waals surface area contributed by atoms with Crippen LogP contribution in [0.2, 0.25) is 0 Å². The van der Waals surface area contributed by atoms with Crippen molar-refractivity contribution in [1.29, 1.82) is 0 Å². The molecule has 1 atom stereocenters. The predicted molar refractivity (Wildman–Crippen MR) is 102 cm³/mol. The lowest BCUT2D eigenvalue weighted by atomic mass is 9.84. The fraction of sp³-hybridized carbons (Fsp3) is 0.174. The molecule has 126 valence electrons. The second-order valence-electron chi connectivity index (χ2n) is 6.42. The Morgan fingerprint density at radius 1 is 0.760 bits per heavy atom. The van der Waals surface area contributed by atoms with Gasteiger partial charge >= 0.3 is 0 Å². The van der Waals surface area contributed by atoms with Gasteiger partial charge in [-0.05, 0) is 23.6 Å². The van der Waals surface area contributed by atoms with Crippen molar-refractivity contribution in [2.45, 2.75) is 25.4 Å². The number of hydrogen-bond acceptors (Lipinski definition) is 2. The molecule has 0 heterocycles. The molecular formula is C23H23NO. The highest BCUT2D eigenvalue weighted by Crippen LogP contribution is 2.24. The average molecular weight is 329 g/mol. The van der Waals surface area contributed by atoms with E-state index >= 15 is 0 Å². The third-order valence-corrected chi connectivity index (χ3v) is 4.61. The zero-order valence-electron chi connectivity index (χ0n) is 14.5. The van der Waals surface area contributed by atoms with Crippen LogP contribution < -0.4 is 5.32 Å². The second kappa shape index (κ2) is 7.91. The van der Waals surface area contributed by atoms with Crippen LogP contribution in [0.15, 0.2) is 91.0 Å². The summed E-state index contributed by atoms with van der Waals surface area (Å²) in [4.78, 5) is 13.2. The lowest BCUT2D eigenvalue weighted by Crippen LogP contribution is -2.47. The molecule has 0 aromatic heterocycles. The van der Waals surface area contributed by atoms with Crippen LogP contribution >= 0.6 is 0 Å². The van der Waals surface area contributed by atoms with Crippen molar-refractivity contribution in [3.8, 4) is 0 Å². The fourth-order valence-electron chi connectivity index (χ4n) is 2.97. The first-order valence-electron chi connectivity index (χ1n) is 8.60. The maximum absolute atomic E-state index is 13.2. The molecule has 0 saturated heterocycles. The molecule has 0 fully saturated rings. The van der Waals surface area contributed by atoms with Crippen molar-refractivity contribution in [3.63, 3.8) is 0 Å². The summed E-state index contributed by atoms with van der Waals surface area (Å²) < 4.78 is 0. The average Bonchev–Trinajstić information content (AvgIpc) is 2.68. The molecule has 0 spiro atoms. The van der Waals surface area contributed by atoms with Crippen LogP contribution in [-0.4, -0.2) is 5.78 Å². The number of carbonyl (C=O) groups is 1. The van der Waals surface area contributed by atoms with Gasteiger partial charge in [0, 0.05) is 13.0 Å². The van der Waals surface area contributed by atoms with Gasteiger partial charge < -0.3 is 0 Å². The highest BCUT2D eigenvalue weighted by Gasteiger charge is 2.34. The summed E-state index contributed by atoms with van der Waals surface area (Å²) in [7, 11) is 0. The Bertz CT molecular complexity index is 799. The van der Waals surface area contributed by atoms with Gasteiger partial charge in [-0.1, -0.05) is 91.0 Å².